The molecule has 3 rings (SSSR count). The maximum Gasteiger partial charge on any atom is 0.226 e. The van der Waals surface area contributed by atoms with E-state index in [9.17, 15) is 9.59 Å². The number of Topliss-reactive ketones (excluding diaryl/α,β-unsaturated/α-hetero) is 1. The van der Waals surface area contributed by atoms with E-state index in [1.54, 1.807) is 36.2 Å². The van der Waals surface area contributed by atoms with Crippen LogP contribution in [0.4, 0.5) is 5.69 Å². The average molecular weight is 361 g/mol. The molecular weight excluding hydrogens is 338 g/mol. The molecule has 138 valence electrons. The minimum Gasteiger partial charge on any atom is -0.494 e. The zero-order valence-electron chi connectivity index (χ0n) is 15.6. The van der Waals surface area contributed by atoms with E-state index in [2.05, 4.69) is 6.07 Å². The van der Waals surface area contributed by atoms with Crippen molar-refractivity contribution in [2.75, 3.05) is 18.6 Å². The maximum atomic E-state index is 12.4. The van der Waals surface area contributed by atoms with Gasteiger partial charge in [-0.05, 0) is 60.5 Å². The summed E-state index contributed by atoms with van der Waals surface area (Å²) in [5.74, 6) is 0.792. The Labute approximate surface area is 159 Å². The number of nitrogens with zero attached hydrogens (tertiary/aromatic N) is 1. The van der Waals surface area contributed by atoms with Gasteiger partial charge in [-0.1, -0.05) is 30.3 Å². The second-order valence-electron chi connectivity index (χ2n) is 6.52. The van der Waals surface area contributed by atoms with Crippen molar-refractivity contribution >= 4 is 28.2 Å². The summed E-state index contributed by atoms with van der Waals surface area (Å²) in [5.41, 5.74) is 1.55. The predicted octanol–water partition coefficient (Wildman–Crippen LogP) is 4.86. The Balaban J connectivity index is 1.50. The molecule has 4 nitrogen and oxygen atoms in total. The largest absolute Gasteiger partial charge is 0.494 e. The number of carbonyl (C=O) groups is 2. The second kappa shape index (κ2) is 8.49. The van der Waals surface area contributed by atoms with Crippen molar-refractivity contribution in [1.82, 2.24) is 0 Å². The number of hydrogen-bond acceptors (Lipinski definition) is 3. The van der Waals surface area contributed by atoms with Gasteiger partial charge >= 0.3 is 0 Å². The van der Waals surface area contributed by atoms with Crippen molar-refractivity contribution in [2.45, 2.75) is 19.8 Å². The third-order valence-corrected chi connectivity index (χ3v) is 4.56. The molecule has 0 heterocycles. The molecule has 3 aromatic carbocycles. The molecule has 0 aliphatic rings. The lowest BCUT2D eigenvalue weighted by Gasteiger charge is -2.18. The number of benzene rings is 3. The summed E-state index contributed by atoms with van der Waals surface area (Å²) in [6, 6.07) is 21.2. The number of rotatable bonds is 7. The van der Waals surface area contributed by atoms with Crippen molar-refractivity contribution in [2.24, 2.45) is 0 Å². The minimum absolute atomic E-state index is 0.0314. The molecule has 0 unspecified atom stereocenters. The van der Waals surface area contributed by atoms with Gasteiger partial charge in [0, 0.05) is 24.7 Å². The molecule has 0 spiro atoms. The Kier molecular flexibility index (Phi) is 5.87. The molecule has 0 N–H and O–H groups in total. The first-order chi connectivity index (χ1) is 13.0. The standard InChI is InChI=1S/C23H23NO3/c1-17(25)18-10-13-22(14-11-18)27-15-5-8-23(26)24(2)21-12-9-19-6-3-4-7-20(19)16-21/h3-4,6-7,9-14,16H,5,8,15H2,1-2H3. The van der Waals surface area contributed by atoms with Gasteiger partial charge in [0.1, 0.15) is 5.75 Å². The van der Waals surface area contributed by atoms with Gasteiger partial charge in [-0.3, -0.25) is 9.59 Å². The summed E-state index contributed by atoms with van der Waals surface area (Å²) in [5, 5.41) is 2.28. The van der Waals surface area contributed by atoms with Crippen molar-refractivity contribution < 1.29 is 14.3 Å². The number of ether oxygens (including phenoxy) is 1. The number of anilines is 1. The highest BCUT2D eigenvalue weighted by Crippen LogP contribution is 2.22. The predicted molar refractivity (Wildman–Crippen MR) is 109 cm³/mol. The first kappa shape index (κ1) is 18.6. The first-order valence-electron chi connectivity index (χ1n) is 9.04. The van der Waals surface area contributed by atoms with Gasteiger partial charge in [0.05, 0.1) is 6.61 Å². The van der Waals surface area contributed by atoms with E-state index in [1.807, 2.05) is 36.4 Å². The van der Waals surface area contributed by atoms with Crippen molar-refractivity contribution in [3.8, 4) is 5.75 Å². The Hall–Kier alpha value is -3.14. The minimum atomic E-state index is 0.0314. The first-order valence-corrected chi connectivity index (χ1v) is 9.04. The zero-order valence-corrected chi connectivity index (χ0v) is 15.6. The lowest BCUT2D eigenvalue weighted by molar-refractivity contribution is -0.118. The van der Waals surface area contributed by atoms with Crippen LogP contribution in [0.1, 0.15) is 30.1 Å². The summed E-state index contributed by atoms with van der Waals surface area (Å²) >= 11 is 0. The summed E-state index contributed by atoms with van der Waals surface area (Å²) in [6.07, 6.45) is 1.04. The van der Waals surface area contributed by atoms with Crippen LogP contribution < -0.4 is 9.64 Å². The van der Waals surface area contributed by atoms with Crippen molar-refractivity contribution in [1.29, 1.82) is 0 Å². The third kappa shape index (κ3) is 4.73. The van der Waals surface area contributed by atoms with E-state index in [4.69, 9.17) is 4.74 Å². The van der Waals surface area contributed by atoms with Crippen LogP contribution in [0.25, 0.3) is 10.8 Å². The summed E-state index contributed by atoms with van der Waals surface area (Å²) in [6.45, 7) is 1.99. The Morgan fingerprint density at radius 1 is 0.926 bits per heavy atom. The van der Waals surface area contributed by atoms with Crippen molar-refractivity contribution in [3.05, 3.63) is 72.3 Å². The average Bonchev–Trinajstić information content (AvgIpc) is 2.70. The van der Waals surface area contributed by atoms with Gasteiger partial charge in [-0.25, -0.2) is 0 Å². The van der Waals surface area contributed by atoms with E-state index in [0.717, 1.165) is 16.5 Å². The third-order valence-electron chi connectivity index (χ3n) is 4.56. The fraction of sp³-hybridized carbons (Fsp3) is 0.217. The maximum absolute atomic E-state index is 12.4. The number of carbonyl (C=O) groups excluding carboxylic acids is 2. The molecule has 3 aromatic rings. The fourth-order valence-electron chi connectivity index (χ4n) is 2.90. The van der Waals surface area contributed by atoms with E-state index in [1.165, 1.54) is 6.92 Å². The molecular formula is C23H23NO3. The van der Waals surface area contributed by atoms with E-state index < -0.39 is 0 Å². The molecule has 0 atom stereocenters. The van der Waals surface area contributed by atoms with Crippen LogP contribution >= 0.6 is 0 Å². The molecule has 27 heavy (non-hydrogen) atoms. The van der Waals surface area contributed by atoms with Gasteiger partial charge in [0.15, 0.2) is 5.78 Å². The van der Waals surface area contributed by atoms with Gasteiger partial charge in [-0.15, -0.1) is 0 Å². The molecule has 0 aliphatic carbocycles. The van der Waals surface area contributed by atoms with Gasteiger partial charge in [0.25, 0.3) is 0 Å². The molecule has 0 aliphatic heterocycles. The smallest absolute Gasteiger partial charge is 0.226 e. The number of ketones is 1. The Bertz CT molecular complexity index is 947. The molecule has 0 saturated heterocycles. The van der Waals surface area contributed by atoms with Crippen LogP contribution in [-0.4, -0.2) is 25.3 Å². The molecule has 1 amide bonds. The lowest BCUT2D eigenvalue weighted by atomic mass is 10.1. The Morgan fingerprint density at radius 2 is 1.63 bits per heavy atom. The summed E-state index contributed by atoms with van der Waals surface area (Å²) in [7, 11) is 1.80. The van der Waals surface area contributed by atoms with Crippen molar-refractivity contribution in [3.63, 3.8) is 0 Å². The second-order valence-corrected chi connectivity index (χ2v) is 6.52. The van der Waals surface area contributed by atoms with Crippen LogP contribution in [0.2, 0.25) is 0 Å². The zero-order chi connectivity index (χ0) is 19.2. The molecule has 0 saturated carbocycles. The SMILES string of the molecule is CC(=O)c1ccc(OCCCC(=O)N(C)c2ccc3ccccc3c2)cc1. The van der Waals surface area contributed by atoms with Gasteiger partial charge < -0.3 is 9.64 Å². The highest BCUT2D eigenvalue weighted by atomic mass is 16.5. The number of amides is 1. The molecule has 0 radical (unpaired) electrons. The molecule has 0 aromatic heterocycles. The van der Waals surface area contributed by atoms with E-state index in [-0.39, 0.29) is 11.7 Å². The topological polar surface area (TPSA) is 46.6 Å². The number of hydrogen-bond donors (Lipinski definition) is 0. The summed E-state index contributed by atoms with van der Waals surface area (Å²) < 4.78 is 5.65. The quantitative estimate of drug-likeness (QED) is 0.446. The monoisotopic (exact) mass is 361 g/mol. The van der Waals surface area contributed by atoms with Crippen LogP contribution in [0.5, 0.6) is 5.75 Å². The number of fused-ring (bicyclic) bond motifs is 1. The normalized spacial score (nSPS) is 10.6. The molecule has 4 heteroatoms. The van der Waals surface area contributed by atoms with Gasteiger partial charge in [0.2, 0.25) is 5.91 Å². The highest BCUT2D eigenvalue weighted by molar-refractivity contribution is 5.96. The summed E-state index contributed by atoms with van der Waals surface area (Å²) in [4.78, 5) is 25.4. The van der Waals surface area contributed by atoms with Crippen LogP contribution in [0, 0.1) is 0 Å². The van der Waals surface area contributed by atoms with Crippen LogP contribution in [-0.2, 0) is 4.79 Å². The lowest BCUT2D eigenvalue weighted by Crippen LogP contribution is -2.26. The van der Waals surface area contributed by atoms with E-state index in [0.29, 0.717) is 30.8 Å². The Morgan fingerprint density at radius 3 is 2.33 bits per heavy atom. The van der Waals surface area contributed by atoms with E-state index >= 15 is 0 Å². The highest BCUT2D eigenvalue weighted by Gasteiger charge is 2.11. The van der Waals surface area contributed by atoms with Gasteiger partial charge in [-0.2, -0.15) is 0 Å². The van der Waals surface area contributed by atoms with Crippen LogP contribution in [0.3, 0.4) is 0 Å². The molecule has 0 bridgehead atoms. The van der Waals surface area contributed by atoms with Crippen LogP contribution in [0.15, 0.2) is 66.7 Å². The molecule has 0 fully saturated rings. The fourth-order valence-corrected chi connectivity index (χ4v) is 2.90.